The van der Waals surface area contributed by atoms with Gasteiger partial charge in [-0.2, -0.15) is 4.98 Å². The van der Waals surface area contributed by atoms with E-state index in [9.17, 15) is 4.79 Å². The predicted molar refractivity (Wildman–Crippen MR) is 143 cm³/mol. The zero-order valence-corrected chi connectivity index (χ0v) is 20.0. The number of hydrogen-bond acceptors (Lipinski definition) is 6. The monoisotopic (exact) mass is 492 g/mol. The number of hydrogen-bond donors (Lipinski definition) is 2. The number of H-pyrrole nitrogens is 1. The van der Waals surface area contributed by atoms with Crippen LogP contribution in [0.15, 0.2) is 23.0 Å². The lowest BCUT2D eigenvalue weighted by atomic mass is 9.37. The van der Waals surface area contributed by atoms with Crippen molar-refractivity contribution in [2.24, 2.45) is 0 Å². The molecule has 8 nitrogen and oxygen atoms in total. The molecule has 1 fully saturated rings. The molecule has 0 bridgehead atoms. The highest BCUT2D eigenvalue weighted by atomic mass is 35.5. The maximum absolute atomic E-state index is 13.1. The van der Waals surface area contributed by atoms with Crippen LogP contribution in [0.4, 0.5) is 5.95 Å². The molecule has 1 aliphatic rings. The lowest BCUT2D eigenvalue weighted by molar-refractivity contribution is 0.0156. The number of fused-ring (bicyclic) bond motifs is 1. The van der Waals surface area contributed by atoms with Gasteiger partial charge in [0.2, 0.25) is 5.95 Å². The van der Waals surface area contributed by atoms with Crippen molar-refractivity contribution in [2.75, 3.05) is 31.6 Å². The number of nitrogens with one attached hydrogen (secondary N) is 2. The summed E-state index contributed by atoms with van der Waals surface area (Å²) in [6.45, 7) is 1.48. The summed E-state index contributed by atoms with van der Waals surface area (Å²) >= 11 is 12.0. The van der Waals surface area contributed by atoms with E-state index in [4.69, 9.17) is 82.9 Å². The molecule has 0 amide bonds. The van der Waals surface area contributed by atoms with Crippen LogP contribution >= 0.6 is 23.2 Å². The first-order chi connectivity index (χ1) is 16.3. The lowest BCUT2D eigenvalue weighted by Crippen LogP contribution is -2.70. The number of morpholine rings is 1. The summed E-state index contributed by atoms with van der Waals surface area (Å²) in [5.41, 5.74) is -0.823. The average Bonchev–Trinajstić information content (AvgIpc) is 3.12. The summed E-state index contributed by atoms with van der Waals surface area (Å²) in [7, 11) is 44.0. The van der Waals surface area contributed by atoms with Crippen molar-refractivity contribution in [3.63, 3.8) is 0 Å². The van der Waals surface area contributed by atoms with Gasteiger partial charge in [-0.1, -0.05) is 29.3 Å². The number of aromatic nitrogens is 4. The molecule has 1 aliphatic heterocycles. The molecule has 1 saturated heterocycles. The highest BCUT2D eigenvalue weighted by Crippen LogP contribution is 2.29. The molecule has 3 heterocycles. The second kappa shape index (κ2) is 9.32. The number of aromatic amines is 1. The van der Waals surface area contributed by atoms with Crippen LogP contribution in [0.3, 0.4) is 0 Å². The number of rotatable bonds is 6. The summed E-state index contributed by atoms with van der Waals surface area (Å²) in [5.74, 6) is -0.109. The molecular weight excluding hydrogens is 479 g/mol. The summed E-state index contributed by atoms with van der Waals surface area (Å²) in [5, 5.41) is -2.32. The Morgan fingerprint density at radius 1 is 1.00 bits per heavy atom. The molecule has 162 valence electrons. The third-order valence-electron chi connectivity index (χ3n) is 5.82. The van der Waals surface area contributed by atoms with Crippen molar-refractivity contribution >= 4 is 101 Å². The highest BCUT2D eigenvalue weighted by Gasteiger charge is 2.43. The van der Waals surface area contributed by atoms with E-state index >= 15 is 0 Å². The van der Waals surface area contributed by atoms with Gasteiger partial charge in [-0.3, -0.25) is 9.78 Å². The smallest absolute Gasteiger partial charge is 0.278 e. The average molecular weight is 492 g/mol. The highest BCUT2D eigenvalue weighted by molar-refractivity contribution is 6.53. The van der Waals surface area contributed by atoms with Crippen LogP contribution in [0.5, 0.6) is 0 Å². The Balaban J connectivity index is 1.73. The predicted octanol–water partition coefficient (Wildman–Crippen LogP) is -1.95. The van der Waals surface area contributed by atoms with E-state index < -0.39 is 21.6 Å². The van der Waals surface area contributed by atoms with E-state index in [-0.39, 0.29) is 27.9 Å². The molecule has 2 N–H and O–H groups in total. The summed E-state index contributed by atoms with van der Waals surface area (Å²) < 4.78 is 6.37. The van der Waals surface area contributed by atoms with Gasteiger partial charge in [-0.05, 0) is 33.7 Å². The topological polar surface area (TPSA) is 88.1 Å². The van der Waals surface area contributed by atoms with Crippen LogP contribution in [0.25, 0.3) is 11.2 Å². The standard InChI is InChI=1S/C18H13B7Cl2N6O2/c19-14-28-12-11(33(14)18(24,25)17(22,23)32-3-5-35-6-4-32)13(34)30-15(29-12)31-16(20,21)8-1-2-9(26)10(27)7-8/h1-2,7H,3-6H2,(H2,29,30,31,34). The molecule has 1 aromatic carbocycles. The number of anilines is 1. The van der Waals surface area contributed by atoms with Gasteiger partial charge in [-0.15, -0.1) is 0 Å². The third-order valence-corrected chi connectivity index (χ3v) is 6.56. The van der Waals surface area contributed by atoms with Crippen molar-refractivity contribution < 1.29 is 4.74 Å². The fourth-order valence-corrected chi connectivity index (χ4v) is 4.13. The number of benzene rings is 1. The van der Waals surface area contributed by atoms with Crippen molar-refractivity contribution in [3.8, 4) is 0 Å². The van der Waals surface area contributed by atoms with Crippen LogP contribution in [-0.2, 0) is 15.4 Å². The molecule has 0 unspecified atom stereocenters. The van der Waals surface area contributed by atoms with E-state index in [0.717, 1.165) is 4.57 Å². The molecule has 0 aliphatic carbocycles. The zero-order chi connectivity index (χ0) is 25.8. The Bertz CT molecular complexity index is 1330. The van der Waals surface area contributed by atoms with E-state index in [1.165, 1.54) is 12.1 Å². The first-order valence-corrected chi connectivity index (χ1v) is 11.1. The zero-order valence-electron chi connectivity index (χ0n) is 18.5. The maximum atomic E-state index is 13.1. The summed E-state index contributed by atoms with van der Waals surface area (Å²) in [4.78, 5) is 25.6. The maximum Gasteiger partial charge on any atom is 0.278 e. The van der Waals surface area contributed by atoms with Crippen molar-refractivity contribution in [3.05, 3.63) is 44.2 Å². The Kier molecular flexibility index (Phi) is 7.03. The molecule has 0 spiro atoms. The molecule has 0 saturated carbocycles. The molecule has 2 aromatic heterocycles. The van der Waals surface area contributed by atoms with E-state index in [0.29, 0.717) is 36.9 Å². The molecule has 3 aromatic rings. The second-order valence-corrected chi connectivity index (χ2v) is 9.08. The molecule has 17 heteroatoms. The number of imidazole rings is 1. The van der Waals surface area contributed by atoms with Crippen LogP contribution in [0.2, 0.25) is 10.0 Å². The molecule has 14 radical (unpaired) electrons. The Hall–Kier alpha value is -1.68. The van der Waals surface area contributed by atoms with Gasteiger partial charge >= 0.3 is 0 Å². The van der Waals surface area contributed by atoms with Crippen LogP contribution in [-0.4, -0.2) is 111 Å². The quantitative estimate of drug-likeness (QED) is 0.390. The van der Waals surface area contributed by atoms with Crippen molar-refractivity contribution in [1.29, 1.82) is 0 Å². The largest absolute Gasteiger partial charge is 0.379 e. The first kappa shape index (κ1) is 26.4. The molecule has 35 heavy (non-hydrogen) atoms. The Labute approximate surface area is 221 Å². The van der Waals surface area contributed by atoms with Crippen molar-refractivity contribution in [2.45, 2.75) is 16.0 Å². The minimum atomic E-state index is -2.07. The first-order valence-electron chi connectivity index (χ1n) is 10.3. The van der Waals surface area contributed by atoms with Crippen LogP contribution < -0.4 is 16.6 Å². The SMILES string of the molecule is [B]c1nc2nc(NC([B])([B])c3ccc(Cl)c(Cl)c3)[nH]c(=O)c2n1C([B])([B])C([B])([B])N1CCOCC1. The number of ether oxygens (including phenoxy) is 1. The third kappa shape index (κ3) is 4.72. The molecule has 4 rings (SSSR count). The van der Waals surface area contributed by atoms with Gasteiger partial charge in [0.05, 0.1) is 76.1 Å². The van der Waals surface area contributed by atoms with Gasteiger partial charge in [0.15, 0.2) is 19.0 Å². The van der Waals surface area contributed by atoms with Gasteiger partial charge < -0.3 is 19.5 Å². The van der Waals surface area contributed by atoms with E-state index in [2.05, 4.69) is 20.3 Å². The second-order valence-electron chi connectivity index (χ2n) is 8.27. The van der Waals surface area contributed by atoms with Gasteiger partial charge in [0, 0.05) is 13.1 Å². The Morgan fingerprint density at radius 3 is 2.29 bits per heavy atom. The Morgan fingerprint density at radius 2 is 1.66 bits per heavy atom. The normalized spacial score (nSPS) is 15.9. The lowest BCUT2D eigenvalue weighted by Gasteiger charge is -2.54. The number of nitrogens with zero attached hydrogens (tertiary/aromatic N) is 4. The van der Waals surface area contributed by atoms with Crippen LogP contribution in [0, 0.1) is 0 Å². The van der Waals surface area contributed by atoms with E-state index in [1.54, 1.807) is 11.0 Å². The number of halogens is 2. The molecular formula is C18H13B7Cl2N6O2. The van der Waals surface area contributed by atoms with Gasteiger partial charge in [0.1, 0.15) is 0 Å². The molecule has 0 atom stereocenters. The summed E-state index contributed by atoms with van der Waals surface area (Å²) in [6.07, 6.45) is 0. The minimum Gasteiger partial charge on any atom is -0.379 e. The van der Waals surface area contributed by atoms with Crippen LogP contribution in [0.1, 0.15) is 5.56 Å². The van der Waals surface area contributed by atoms with E-state index in [1.807, 2.05) is 0 Å². The van der Waals surface area contributed by atoms with Gasteiger partial charge in [0.25, 0.3) is 5.56 Å². The fraction of sp³-hybridized carbons (Fsp3) is 0.389. The fourth-order valence-electron chi connectivity index (χ4n) is 3.83. The minimum absolute atomic E-state index is 0.100. The summed E-state index contributed by atoms with van der Waals surface area (Å²) in [6, 6.07) is 4.57. The van der Waals surface area contributed by atoms with Gasteiger partial charge in [-0.25, -0.2) is 4.98 Å². The van der Waals surface area contributed by atoms with Crippen molar-refractivity contribution in [1.82, 2.24) is 24.4 Å².